The van der Waals surface area contributed by atoms with E-state index in [0.29, 0.717) is 0 Å². The van der Waals surface area contributed by atoms with E-state index >= 15 is 0 Å². The summed E-state index contributed by atoms with van der Waals surface area (Å²) in [4.78, 5) is 0. The Balaban J connectivity index is -0.0000000450. The maximum atomic E-state index is 8.06. The first-order valence-corrected chi connectivity index (χ1v) is 1.41. The van der Waals surface area contributed by atoms with Gasteiger partial charge in [0.15, 0.2) is 0 Å². The van der Waals surface area contributed by atoms with Crippen molar-refractivity contribution in [1.82, 2.24) is 0 Å². The van der Waals surface area contributed by atoms with Crippen LogP contribution in [0.4, 0.5) is 0 Å². The first-order valence-electron chi connectivity index (χ1n) is 1.41. The van der Waals surface area contributed by atoms with E-state index in [1.165, 1.54) is 0 Å². The summed E-state index contributed by atoms with van der Waals surface area (Å²) in [5.74, 6) is 0. The van der Waals surface area contributed by atoms with Crippen molar-refractivity contribution in [2.24, 2.45) is 0 Å². The van der Waals surface area contributed by atoms with Gasteiger partial charge in [-0.05, 0) is 13.8 Å². The number of aliphatic hydroxyl groups excluding tert-OH is 1. The maximum absolute atomic E-state index is 8.06. The zero-order valence-electron chi connectivity index (χ0n) is 3.97. The summed E-state index contributed by atoms with van der Waals surface area (Å²) in [6, 6.07) is 0. The second-order valence-corrected chi connectivity index (χ2v) is 1.09. The van der Waals surface area contributed by atoms with Crippen molar-refractivity contribution in [1.29, 1.82) is 0 Å². The Morgan fingerprint density at radius 3 is 1.33 bits per heavy atom. The molecule has 39 valence electrons. The van der Waals surface area contributed by atoms with Gasteiger partial charge in [-0.15, -0.1) is 0 Å². The summed E-state index contributed by atoms with van der Waals surface area (Å²) in [7, 11) is 0. The van der Waals surface area contributed by atoms with Gasteiger partial charge in [-0.25, -0.2) is 0 Å². The van der Waals surface area contributed by atoms with Crippen LogP contribution in [-0.4, -0.2) is 16.7 Å². The standard InChI is InChI=1S/C3H8O.H2O.V/c1-3(2)4;;/h3-4H,1-2H3;1H2;. The van der Waals surface area contributed by atoms with Crippen LogP contribution in [0, 0.1) is 0 Å². The zero-order valence-corrected chi connectivity index (χ0v) is 5.37. The van der Waals surface area contributed by atoms with Gasteiger partial charge in [0.05, 0.1) is 0 Å². The first-order chi connectivity index (χ1) is 1.73. The van der Waals surface area contributed by atoms with Crippen molar-refractivity contribution in [3.8, 4) is 0 Å². The third-order valence-electron chi connectivity index (χ3n) is 0. The Kier molecular flexibility index (Phi) is 24.3. The minimum atomic E-state index is -0.167. The van der Waals surface area contributed by atoms with E-state index in [4.69, 9.17) is 5.11 Å². The Hall–Kier alpha value is 0.504. The van der Waals surface area contributed by atoms with Gasteiger partial charge in [0.2, 0.25) is 0 Å². The molecular formula is C3H10O2V. The average Bonchev–Trinajstić information content (AvgIpc) is 0.811. The van der Waals surface area contributed by atoms with Crippen LogP contribution in [0.15, 0.2) is 0 Å². The molecule has 0 spiro atoms. The predicted octanol–water partition coefficient (Wildman–Crippen LogP) is -0.440. The van der Waals surface area contributed by atoms with Crippen molar-refractivity contribution in [2.75, 3.05) is 0 Å². The van der Waals surface area contributed by atoms with E-state index in [9.17, 15) is 0 Å². The topological polar surface area (TPSA) is 51.7 Å². The number of aliphatic hydroxyl groups is 1. The number of hydrogen-bond acceptors (Lipinski definition) is 1. The van der Waals surface area contributed by atoms with Crippen LogP contribution >= 0.6 is 0 Å². The van der Waals surface area contributed by atoms with Gasteiger partial charge in [0, 0.05) is 24.7 Å². The Labute approximate surface area is 49.8 Å². The van der Waals surface area contributed by atoms with Gasteiger partial charge in [0.1, 0.15) is 0 Å². The molecule has 0 amide bonds. The molecule has 0 rings (SSSR count). The maximum Gasteiger partial charge on any atom is 0.0483 e. The van der Waals surface area contributed by atoms with E-state index in [0.717, 1.165) is 0 Å². The molecule has 6 heavy (non-hydrogen) atoms. The molecule has 0 unspecified atom stereocenters. The molecule has 0 aromatic heterocycles. The molecule has 0 heterocycles. The third-order valence-corrected chi connectivity index (χ3v) is 0. The number of hydrogen-bond donors (Lipinski definition) is 1. The van der Waals surface area contributed by atoms with Crippen LogP contribution < -0.4 is 0 Å². The predicted molar refractivity (Wildman–Crippen MR) is 21.0 cm³/mol. The zero-order chi connectivity index (χ0) is 3.58. The smallest absolute Gasteiger partial charge is 0.0483 e. The molecule has 3 heteroatoms. The van der Waals surface area contributed by atoms with Crippen molar-refractivity contribution in [3.05, 3.63) is 0 Å². The van der Waals surface area contributed by atoms with Gasteiger partial charge < -0.3 is 10.6 Å². The van der Waals surface area contributed by atoms with Gasteiger partial charge in [0.25, 0.3) is 0 Å². The van der Waals surface area contributed by atoms with Crippen molar-refractivity contribution in [3.63, 3.8) is 0 Å². The van der Waals surface area contributed by atoms with Crippen molar-refractivity contribution >= 4 is 0 Å². The van der Waals surface area contributed by atoms with Crippen LogP contribution in [0.3, 0.4) is 0 Å². The molecule has 3 N–H and O–H groups in total. The summed E-state index contributed by atoms with van der Waals surface area (Å²) in [5, 5.41) is 8.06. The minimum Gasteiger partial charge on any atom is -0.412 e. The summed E-state index contributed by atoms with van der Waals surface area (Å²) in [5.41, 5.74) is 0. The Morgan fingerprint density at radius 1 is 1.33 bits per heavy atom. The van der Waals surface area contributed by atoms with Crippen molar-refractivity contribution < 1.29 is 29.1 Å². The molecule has 0 fully saturated rings. The monoisotopic (exact) mass is 129 g/mol. The van der Waals surface area contributed by atoms with Gasteiger partial charge in [-0.2, -0.15) is 0 Å². The molecule has 0 aliphatic carbocycles. The van der Waals surface area contributed by atoms with E-state index in [2.05, 4.69) is 0 Å². The van der Waals surface area contributed by atoms with Crippen LogP contribution in [-0.2, 0) is 18.6 Å². The third kappa shape index (κ3) is 217. The number of rotatable bonds is 0. The molecule has 0 saturated carbocycles. The summed E-state index contributed by atoms with van der Waals surface area (Å²) < 4.78 is 0. The normalized spacial score (nSPS) is 6.00. The fourth-order valence-electron chi connectivity index (χ4n) is 0. The van der Waals surface area contributed by atoms with Gasteiger partial charge >= 0.3 is 0 Å². The molecule has 0 saturated heterocycles. The average molecular weight is 129 g/mol. The summed E-state index contributed by atoms with van der Waals surface area (Å²) in [6.07, 6.45) is -0.167. The van der Waals surface area contributed by atoms with Gasteiger partial charge in [-0.3, -0.25) is 0 Å². The molecule has 0 aromatic carbocycles. The molecule has 0 bridgehead atoms. The Bertz CT molecular complexity index is 13.5. The van der Waals surface area contributed by atoms with E-state index in [-0.39, 0.29) is 30.1 Å². The molecular weight excluding hydrogens is 119 g/mol. The van der Waals surface area contributed by atoms with Crippen LogP contribution in [0.2, 0.25) is 0 Å². The quantitative estimate of drug-likeness (QED) is 0.473. The van der Waals surface area contributed by atoms with E-state index in [1.807, 2.05) is 0 Å². The van der Waals surface area contributed by atoms with E-state index < -0.39 is 0 Å². The molecule has 1 radical (unpaired) electrons. The molecule has 2 nitrogen and oxygen atoms in total. The SMILES string of the molecule is CC(C)O.O.[V]. The van der Waals surface area contributed by atoms with Crippen molar-refractivity contribution in [2.45, 2.75) is 20.0 Å². The van der Waals surface area contributed by atoms with Crippen LogP contribution in [0.5, 0.6) is 0 Å². The van der Waals surface area contributed by atoms with Crippen LogP contribution in [0.25, 0.3) is 0 Å². The fraction of sp³-hybridized carbons (Fsp3) is 1.00. The summed E-state index contributed by atoms with van der Waals surface area (Å²) in [6.45, 7) is 3.44. The second-order valence-electron chi connectivity index (χ2n) is 1.09. The fourth-order valence-corrected chi connectivity index (χ4v) is 0. The molecule has 0 aliphatic heterocycles. The molecule has 0 aliphatic rings. The van der Waals surface area contributed by atoms with Crippen LogP contribution in [0.1, 0.15) is 13.8 Å². The Morgan fingerprint density at radius 2 is 1.33 bits per heavy atom. The second kappa shape index (κ2) is 9.09. The largest absolute Gasteiger partial charge is 0.412 e. The van der Waals surface area contributed by atoms with E-state index in [1.54, 1.807) is 13.8 Å². The molecule has 0 aromatic rings. The summed E-state index contributed by atoms with van der Waals surface area (Å²) >= 11 is 0. The molecule has 0 atom stereocenters. The van der Waals surface area contributed by atoms with Gasteiger partial charge in [-0.1, -0.05) is 0 Å². The minimum absolute atomic E-state index is 0. The first kappa shape index (κ1) is 16.0.